The van der Waals surface area contributed by atoms with Gasteiger partial charge in [-0.25, -0.2) is 4.79 Å². The van der Waals surface area contributed by atoms with E-state index in [1.54, 1.807) is 12.1 Å². The quantitative estimate of drug-likeness (QED) is 0.858. The van der Waals surface area contributed by atoms with Crippen molar-refractivity contribution in [3.8, 4) is 0 Å². The number of nitrogens with zero attached hydrogens (tertiary/aromatic N) is 1. The number of halogens is 1. The van der Waals surface area contributed by atoms with Crippen LogP contribution in [0, 0.1) is 0 Å². The lowest BCUT2D eigenvalue weighted by molar-refractivity contribution is 0.0563. The Kier molecular flexibility index (Phi) is 4.75. The molecule has 1 heterocycles. The van der Waals surface area contributed by atoms with E-state index in [2.05, 4.69) is 10.1 Å². The van der Waals surface area contributed by atoms with Gasteiger partial charge in [-0.1, -0.05) is 17.7 Å². The topological polar surface area (TPSA) is 54.7 Å². The number of anilines is 2. The summed E-state index contributed by atoms with van der Waals surface area (Å²) in [4.78, 5) is 13.3. The van der Waals surface area contributed by atoms with Crippen LogP contribution in [0.4, 0.5) is 11.4 Å². The molecule has 0 unspecified atom stereocenters. The van der Waals surface area contributed by atoms with Crippen molar-refractivity contribution in [2.45, 2.75) is 6.54 Å². The van der Waals surface area contributed by atoms with Crippen LogP contribution in [0.25, 0.3) is 0 Å². The fourth-order valence-corrected chi connectivity index (χ4v) is 2.32. The van der Waals surface area contributed by atoms with Crippen molar-refractivity contribution in [3.05, 3.63) is 46.9 Å². The van der Waals surface area contributed by atoms with Gasteiger partial charge in [0.1, 0.15) is 5.76 Å². The first-order valence-corrected chi connectivity index (χ1v) is 6.77. The van der Waals surface area contributed by atoms with Crippen molar-refractivity contribution in [2.75, 3.05) is 31.4 Å². The Bertz CT molecular complexity index is 638. The van der Waals surface area contributed by atoms with Gasteiger partial charge in [-0.15, -0.1) is 0 Å². The second-order valence-electron chi connectivity index (χ2n) is 4.64. The molecule has 5 nitrogen and oxygen atoms in total. The molecule has 0 atom stereocenters. The van der Waals surface area contributed by atoms with Crippen LogP contribution in [0.5, 0.6) is 0 Å². The summed E-state index contributed by atoms with van der Waals surface area (Å²) >= 11 is 6.20. The van der Waals surface area contributed by atoms with E-state index in [4.69, 9.17) is 16.0 Å². The van der Waals surface area contributed by atoms with Gasteiger partial charge in [0.05, 0.1) is 30.1 Å². The van der Waals surface area contributed by atoms with Crippen LogP contribution in [-0.4, -0.2) is 27.2 Å². The van der Waals surface area contributed by atoms with Crippen LogP contribution in [0.2, 0.25) is 5.02 Å². The maximum absolute atomic E-state index is 11.3. The van der Waals surface area contributed by atoms with Crippen LogP contribution >= 0.6 is 11.6 Å². The van der Waals surface area contributed by atoms with Crippen LogP contribution in [0.3, 0.4) is 0 Å². The number of benzene rings is 1. The summed E-state index contributed by atoms with van der Waals surface area (Å²) in [5.74, 6) is 0.339. The Morgan fingerprint density at radius 3 is 2.76 bits per heavy atom. The minimum Gasteiger partial charge on any atom is -0.463 e. The van der Waals surface area contributed by atoms with Crippen LogP contribution in [0.15, 0.2) is 34.7 Å². The number of ether oxygens (including phenoxy) is 1. The third kappa shape index (κ3) is 3.49. The summed E-state index contributed by atoms with van der Waals surface area (Å²) in [5, 5.41) is 3.92. The summed E-state index contributed by atoms with van der Waals surface area (Å²) in [6.45, 7) is 0.443. The standard InChI is InChI=1S/C15H17ClN2O3/c1-18(2)14-11(16)5-4-6-12(14)17-9-10-7-8-13(21-10)15(19)20-3/h4-8,17H,9H2,1-3H3. The summed E-state index contributed by atoms with van der Waals surface area (Å²) in [5.41, 5.74) is 1.79. The van der Waals surface area contributed by atoms with Crippen molar-refractivity contribution in [3.63, 3.8) is 0 Å². The number of rotatable bonds is 5. The van der Waals surface area contributed by atoms with Gasteiger partial charge in [-0.3, -0.25) is 0 Å². The minimum atomic E-state index is -0.488. The molecule has 1 N–H and O–H groups in total. The van der Waals surface area contributed by atoms with E-state index in [1.807, 2.05) is 37.2 Å². The highest BCUT2D eigenvalue weighted by molar-refractivity contribution is 6.34. The zero-order valence-electron chi connectivity index (χ0n) is 12.1. The molecular weight excluding hydrogens is 292 g/mol. The molecule has 0 spiro atoms. The zero-order chi connectivity index (χ0) is 15.4. The number of hydrogen-bond acceptors (Lipinski definition) is 5. The normalized spacial score (nSPS) is 10.3. The van der Waals surface area contributed by atoms with E-state index < -0.39 is 5.97 Å². The Balaban J connectivity index is 2.12. The highest BCUT2D eigenvalue weighted by Gasteiger charge is 2.12. The fraction of sp³-hybridized carbons (Fsp3) is 0.267. The summed E-state index contributed by atoms with van der Waals surface area (Å²) in [6, 6.07) is 8.97. The van der Waals surface area contributed by atoms with Gasteiger partial charge in [0.2, 0.25) is 5.76 Å². The summed E-state index contributed by atoms with van der Waals surface area (Å²) in [7, 11) is 5.17. The van der Waals surface area contributed by atoms with Crippen LogP contribution in [0.1, 0.15) is 16.3 Å². The van der Waals surface area contributed by atoms with Gasteiger partial charge >= 0.3 is 5.97 Å². The maximum atomic E-state index is 11.3. The minimum absolute atomic E-state index is 0.188. The van der Waals surface area contributed by atoms with Gasteiger partial charge in [0.15, 0.2) is 0 Å². The molecule has 112 valence electrons. The van der Waals surface area contributed by atoms with E-state index in [-0.39, 0.29) is 5.76 Å². The van der Waals surface area contributed by atoms with E-state index in [9.17, 15) is 4.79 Å². The largest absolute Gasteiger partial charge is 0.463 e. The number of nitrogens with one attached hydrogen (secondary N) is 1. The third-order valence-corrected chi connectivity index (χ3v) is 3.24. The van der Waals surface area contributed by atoms with Crippen molar-refractivity contribution in [2.24, 2.45) is 0 Å². The molecule has 0 amide bonds. The predicted octanol–water partition coefficient (Wildman–Crippen LogP) is 3.40. The van der Waals surface area contributed by atoms with Gasteiger partial charge < -0.3 is 19.4 Å². The molecule has 21 heavy (non-hydrogen) atoms. The average Bonchev–Trinajstić information content (AvgIpc) is 2.92. The molecule has 1 aromatic carbocycles. The molecule has 2 aromatic rings. The molecule has 0 saturated carbocycles. The van der Waals surface area contributed by atoms with E-state index in [1.165, 1.54) is 7.11 Å². The lowest BCUT2D eigenvalue weighted by Crippen LogP contribution is -2.12. The number of methoxy groups -OCH3 is 1. The lowest BCUT2D eigenvalue weighted by Gasteiger charge is -2.19. The van der Waals surface area contributed by atoms with E-state index in [0.717, 1.165) is 11.4 Å². The lowest BCUT2D eigenvalue weighted by atomic mass is 10.2. The molecule has 0 aliphatic heterocycles. The van der Waals surface area contributed by atoms with Crippen molar-refractivity contribution >= 4 is 28.9 Å². The number of esters is 1. The molecule has 1 aromatic heterocycles. The second-order valence-corrected chi connectivity index (χ2v) is 5.05. The summed E-state index contributed by atoms with van der Waals surface area (Å²) < 4.78 is 10.0. The fourth-order valence-electron chi connectivity index (χ4n) is 1.98. The van der Waals surface area contributed by atoms with Gasteiger partial charge in [-0.05, 0) is 24.3 Å². The smallest absolute Gasteiger partial charge is 0.373 e. The van der Waals surface area contributed by atoms with Gasteiger partial charge in [0.25, 0.3) is 0 Å². The van der Waals surface area contributed by atoms with E-state index >= 15 is 0 Å². The molecule has 2 rings (SSSR count). The first-order valence-electron chi connectivity index (χ1n) is 6.39. The SMILES string of the molecule is COC(=O)c1ccc(CNc2cccc(Cl)c2N(C)C)o1. The third-order valence-electron chi connectivity index (χ3n) is 2.94. The highest BCUT2D eigenvalue weighted by atomic mass is 35.5. The first kappa shape index (κ1) is 15.3. The van der Waals surface area contributed by atoms with Gasteiger partial charge in [0, 0.05) is 14.1 Å². The van der Waals surface area contributed by atoms with Crippen LogP contribution < -0.4 is 10.2 Å². The number of carbonyl (C=O) groups excluding carboxylic acids is 1. The zero-order valence-corrected chi connectivity index (χ0v) is 12.9. The van der Waals surface area contributed by atoms with Crippen LogP contribution in [-0.2, 0) is 11.3 Å². The average molecular weight is 309 g/mol. The highest BCUT2D eigenvalue weighted by Crippen LogP contribution is 2.32. The molecule has 0 saturated heterocycles. The Hall–Kier alpha value is -2.14. The number of furan rings is 1. The van der Waals surface area contributed by atoms with Crippen molar-refractivity contribution in [1.82, 2.24) is 0 Å². The Morgan fingerprint density at radius 1 is 1.33 bits per heavy atom. The molecule has 0 radical (unpaired) electrons. The van der Waals surface area contributed by atoms with Crippen molar-refractivity contribution in [1.29, 1.82) is 0 Å². The Labute approximate surface area is 128 Å². The monoisotopic (exact) mass is 308 g/mol. The number of carbonyl (C=O) groups is 1. The van der Waals surface area contributed by atoms with Crippen molar-refractivity contribution < 1.29 is 13.9 Å². The molecule has 0 fully saturated rings. The molecule has 0 aliphatic carbocycles. The molecule has 0 aliphatic rings. The summed E-state index contributed by atoms with van der Waals surface area (Å²) in [6.07, 6.45) is 0. The van der Waals surface area contributed by atoms with Gasteiger partial charge in [-0.2, -0.15) is 0 Å². The predicted molar refractivity (Wildman–Crippen MR) is 83.2 cm³/mol. The van der Waals surface area contributed by atoms with E-state index in [0.29, 0.717) is 17.3 Å². The number of para-hydroxylation sites is 1. The first-order chi connectivity index (χ1) is 10.0. The molecule has 0 bridgehead atoms. The maximum Gasteiger partial charge on any atom is 0.373 e. The molecular formula is C15H17ClN2O3. The Morgan fingerprint density at radius 2 is 2.10 bits per heavy atom. The second kappa shape index (κ2) is 6.54. The molecule has 6 heteroatoms. The number of hydrogen-bond donors (Lipinski definition) is 1.